The van der Waals surface area contributed by atoms with Crippen LogP contribution >= 0.6 is 11.6 Å². The van der Waals surface area contributed by atoms with Gasteiger partial charge in [-0.25, -0.2) is 4.79 Å². The summed E-state index contributed by atoms with van der Waals surface area (Å²) in [4.78, 5) is 11.4. The predicted octanol–water partition coefficient (Wildman–Crippen LogP) is 4.09. The molecule has 92 valence electrons. The van der Waals surface area contributed by atoms with Gasteiger partial charge in [0, 0.05) is 11.1 Å². The molecule has 0 N–H and O–H groups in total. The van der Waals surface area contributed by atoms with Gasteiger partial charge in [-0.2, -0.15) is 0 Å². The van der Waals surface area contributed by atoms with Crippen LogP contribution in [-0.2, 0) is 9.53 Å². The molecule has 1 aromatic carbocycles. The fraction of sp³-hybridized carbons (Fsp3) is 0.357. The Balaban J connectivity index is 2.92. The summed E-state index contributed by atoms with van der Waals surface area (Å²) in [5, 5.41) is 0.695. The lowest BCUT2D eigenvalue weighted by Gasteiger charge is -2.06. The molecule has 0 aliphatic rings. The van der Waals surface area contributed by atoms with Crippen LogP contribution in [0.5, 0.6) is 0 Å². The maximum Gasteiger partial charge on any atom is 0.331 e. The molecule has 0 amide bonds. The van der Waals surface area contributed by atoms with E-state index in [2.05, 4.69) is 6.92 Å². The highest BCUT2D eigenvalue weighted by atomic mass is 35.5. The number of allylic oxidation sites excluding steroid dienone is 1. The van der Waals surface area contributed by atoms with Gasteiger partial charge in [0.15, 0.2) is 0 Å². The lowest BCUT2D eigenvalue weighted by molar-refractivity contribution is -0.137. The summed E-state index contributed by atoms with van der Waals surface area (Å²) in [5.41, 5.74) is 2.01. The first kappa shape index (κ1) is 13.8. The topological polar surface area (TPSA) is 26.3 Å². The van der Waals surface area contributed by atoms with Crippen molar-refractivity contribution in [3.63, 3.8) is 0 Å². The molecule has 0 fully saturated rings. The lowest BCUT2D eigenvalue weighted by Crippen LogP contribution is -2.01. The second kappa shape index (κ2) is 7.13. The van der Waals surface area contributed by atoms with E-state index in [0.717, 1.165) is 24.0 Å². The number of hydrogen-bond donors (Lipinski definition) is 0. The number of carbonyl (C=O) groups is 1. The molecule has 1 aromatic rings. The molecule has 0 unspecified atom stereocenters. The zero-order chi connectivity index (χ0) is 12.7. The average molecular weight is 253 g/mol. The summed E-state index contributed by atoms with van der Waals surface area (Å²) in [6.07, 6.45) is 3.39. The first-order chi connectivity index (χ1) is 8.17. The van der Waals surface area contributed by atoms with Gasteiger partial charge in [0.1, 0.15) is 0 Å². The molecule has 0 aliphatic carbocycles. The summed E-state index contributed by atoms with van der Waals surface area (Å²) in [6.45, 7) is 4.28. The van der Waals surface area contributed by atoms with Crippen molar-refractivity contribution in [2.45, 2.75) is 26.7 Å². The number of benzene rings is 1. The average Bonchev–Trinajstić information content (AvgIpc) is 2.30. The van der Waals surface area contributed by atoms with Crippen LogP contribution in [0.4, 0.5) is 0 Å². The van der Waals surface area contributed by atoms with Crippen LogP contribution in [0.3, 0.4) is 0 Å². The molecule has 17 heavy (non-hydrogen) atoms. The summed E-state index contributed by atoms with van der Waals surface area (Å²) < 4.78 is 4.92. The third-order valence-electron chi connectivity index (χ3n) is 2.31. The minimum absolute atomic E-state index is 0.286. The van der Waals surface area contributed by atoms with Crippen molar-refractivity contribution in [2.75, 3.05) is 6.61 Å². The smallest absolute Gasteiger partial charge is 0.331 e. The van der Waals surface area contributed by atoms with Crippen molar-refractivity contribution >= 4 is 23.1 Å². The molecular weight excluding hydrogens is 236 g/mol. The summed E-state index contributed by atoms with van der Waals surface area (Å²) >= 11 is 5.84. The quantitative estimate of drug-likeness (QED) is 0.583. The molecule has 0 aliphatic heterocycles. The van der Waals surface area contributed by atoms with Gasteiger partial charge >= 0.3 is 5.97 Å². The van der Waals surface area contributed by atoms with E-state index in [9.17, 15) is 4.79 Å². The molecule has 0 spiro atoms. The van der Waals surface area contributed by atoms with E-state index in [0.29, 0.717) is 11.6 Å². The van der Waals surface area contributed by atoms with E-state index in [1.807, 2.05) is 24.3 Å². The molecule has 0 radical (unpaired) electrons. The number of esters is 1. The first-order valence-electron chi connectivity index (χ1n) is 5.80. The van der Waals surface area contributed by atoms with Crippen LogP contribution in [-0.4, -0.2) is 12.6 Å². The summed E-state index contributed by atoms with van der Waals surface area (Å²) in [6, 6.07) is 7.49. The Morgan fingerprint density at radius 1 is 1.29 bits per heavy atom. The number of rotatable bonds is 5. The Labute approximate surface area is 107 Å². The van der Waals surface area contributed by atoms with Crippen LogP contribution in [0.1, 0.15) is 32.3 Å². The molecule has 0 bridgehead atoms. The number of ether oxygens (including phenoxy) is 1. The highest BCUT2D eigenvalue weighted by molar-refractivity contribution is 6.30. The Kier molecular flexibility index (Phi) is 5.78. The highest BCUT2D eigenvalue weighted by Gasteiger charge is 2.05. The monoisotopic (exact) mass is 252 g/mol. The maximum absolute atomic E-state index is 11.4. The molecule has 3 heteroatoms. The first-order valence-corrected chi connectivity index (χ1v) is 6.18. The van der Waals surface area contributed by atoms with Crippen molar-refractivity contribution < 1.29 is 9.53 Å². The van der Waals surface area contributed by atoms with Crippen molar-refractivity contribution in [3.05, 3.63) is 40.9 Å². The van der Waals surface area contributed by atoms with Crippen LogP contribution < -0.4 is 0 Å². The van der Waals surface area contributed by atoms with Gasteiger partial charge in [0.05, 0.1) is 6.61 Å². The van der Waals surface area contributed by atoms with Crippen LogP contribution in [0, 0.1) is 0 Å². The summed E-state index contributed by atoms with van der Waals surface area (Å²) in [7, 11) is 0. The van der Waals surface area contributed by atoms with E-state index < -0.39 is 0 Å². The molecule has 0 atom stereocenters. The van der Waals surface area contributed by atoms with Crippen LogP contribution in [0.2, 0.25) is 5.02 Å². The lowest BCUT2D eigenvalue weighted by atomic mass is 10.0. The number of hydrogen-bond acceptors (Lipinski definition) is 2. The highest BCUT2D eigenvalue weighted by Crippen LogP contribution is 2.21. The molecule has 0 heterocycles. The van der Waals surface area contributed by atoms with E-state index in [1.165, 1.54) is 0 Å². The van der Waals surface area contributed by atoms with Crippen molar-refractivity contribution in [1.29, 1.82) is 0 Å². The number of halogens is 1. The minimum atomic E-state index is -0.286. The van der Waals surface area contributed by atoms with Crippen LogP contribution in [0.25, 0.3) is 5.57 Å². The zero-order valence-electron chi connectivity index (χ0n) is 10.2. The molecule has 0 saturated heterocycles. The Morgan fingerprint density at radius 2 is 1.94 bits per heavy atom. The van der Waals surface area contributed by atoms with E-state index >= 15 is 0 Å². The molecular formula is C14H17ClO2. The van der Waals surface area contributed by atoms with Gasteiger partial charge in [-0.15, -0.1) is 0 Å². The largest absolute Gasteiger partial charge is 0.463 e. The van der Waals surface area contributed by atoms with Gasteiger partial charge in [0.25, 0.3) is 0 Å². The Morgan fingerprint density at radius 3 is 2.47 bits per heavy atom. The zero-order valence-corrected chi connectivity index (χ0v) is 11.0. The van der Waals surface area contributed by atoms with Crippen molar-refractivity contribution in [2.24, 2.45) is 0 Å². The van der Waals surface area contributed by atoms with Gasteiger partial charge in [-0.3, -0.25) is 0 Å². The fourth-order valence-corrected chi connectivity index (χ4v) is 1.69. The SMILES string of the molecule is CCCC(=CC(=O)OCC)c1ccc(Cl)cc1. The normalized spacial score (nSPS) is 11.4. The second-order valence-corrected chi connectivity index (χ2v) is 4.11. The second-order valence-electron chi connectivity index (χ2n) is 3.68. The third kappa shape index (κ3) is 4.61. The maximum atomic E-state index is 11.4. The number of carbonyl (C=O) groups excluding carboxylic acids is 1. The predicted molar refractivity (Wildman–Crippen MR) is 71.0 cm³/mol. The molecule has 2 nitrogen and oxygen atoms in total. The van der Waals surface area contributed by atoms with E-state index in [4.69, 9.17) is 16.3 Å². The van der Waals surface area contributed by atoms with E-state index in [-0.39, 0.29) is 5.97 Å². The Hall–Kier alpha value is -1.28. The van der Waals surface area contributed by atoms with Crippen molar-refractivity contribution in [1.82, 2.24) is 0 Å². The standard InChI is InChI=1S/C14H17ClO2/c1-3-5-12(10-14(16)17-4-2)11-6-8-13(15)9-7-11/h6-10H,3-5H2,1-2H3. The summed E-state index contributed by atoms with van der Waals surface area (Å²) in [5.74, 6) is -0.286. The Bertz CT molecular complexity index is 393. The van der Waals surface area contributed by atoms with Gasteiger partial charge in [-0.1, -0.05) is 37.1 Å². The molecule has 0 saturated carbocycles. The van der Waals surface area contributed by atoms with Crippen molar-refractivity contribution in [3.8, 4) is 0 Å². The van der Waals surface area contributed by atoms with Crippen LogP contribution in [0.15, 0.2) is 30.3 Å². The van der Waals surface area contributed by atoms with Gasteiger partial charge in [0.2, 0.25) is 0 Å². The van der Waals surface area contributed by atoms with E-state index in [1.54, 1.807) is 13.0 Å². The third-order valence-corrected chi connectivity index (χ3v) is 2.57. The molecule has 1 rings (SSSR count). The van der Waals surface area contributed by atoms with Gasteiger partial charge in [-0.05, 0) is 36.6 Å². The fourth-order valence-electron chi connectivity index (χ4n) is 1.56. The molecule has 0 aromatic heterocycles. The van der Waals surface area contributed by atoms with Gasteiger partial charge < -0.3 is 4.74 Å². The minimum Gasteiger partial charge on any atom is -0.463 e.